The number of aryl methyl sites for hydroxylation is 1. The number of fused-ring (bicyclic) bond motifs is 2. The average molecular weight is 419 g/mol. The molecule has 2 aliphatic carbocycles. The molecule has 0 spiro atoms. The molecule has 5 rings (SSSR count). The van der Waals surface area contributed by atoms with Gasteiger partial charge in [0.2, 0.25) is 0 Å². The molecule has 2 aliphatic rings. The van der Waals surface area contributed by atoms with Gasteiger partial charge in [-0.05, 0) is 54.3 Å². The van der Waals surface area contributed by atoms with Crippen LogP contribution in [0.25, 0.3) is 0 Å². The maximum Gasteiger partial charge on any atom is 0.178 e. The van der Waals surface area contributed by atoms with Crippen LogP contribution in [0.3, 0.4) is 0 Å². The van der Waals surface area contributed by atoms with Crippen molar-refractivity contribution in [1.82, 2.24) is 0 Å². The Morgan fingerprint density at radius 3 is 2.45 bits per heavy atom. The van der Waals surface area contributed by atoms with Crippen molar-refractivity contribution in [2.24, 2.45) is 17.8 Å². The highest BCUT2D eigenvalue weighted by Crippen LogP contribution is 2.54. The fourth-order valence-electron chi connectivity index (χ4n) is 4.87. The molecule has 1 heterocycles. The standard InChI is InChI=1S/C25H22O2S2/c1-16-7-11-20(12-8-16)29(27)21-13-14-28-25(21)24(26)23-19-10-9-18(15-19)22(23)17-5-3-2-4-6-17/h2-14,18-19,22-23H,15H2,1H3/t18-,19+,22-,23-,29+/m1/s1. The van der Waals surface area contributed by atoms with Crippen molar-refractivity contribution in [3.05, 3.63) is 94.2 Å². The fraction of sp³-hybridized carbons (Fsp3) is 0.240. The van der Waals surface area contributed by atoms with Gasteiger partial charge in [-0.15, -0.1) is 11.3 Å². The molecule has 146 valence electrons. The summed E-state index contributed by atoms with van der Waals surface area (Å²) in [6.45, 7) is 2.01. The number of Topliss-reactive ketones (excluding diaryl/α,β-unsaturated/α-hetero) is 1. The second kappa shape index (κ2) is 7.51. The van der Waals surface area contributed by atoms with Crippen molar-refractivity contribution < 1.29 is 9.00 Å². The summed E-state index contributed by atoms with van der Waals surface area (Å²) in [7, 11) is -1.34. The number of allylic oxidation sites excluding steroid dienone is 2. The molecular formula is C25H22O2S2. The highest BCUT2D eigenvalue weighted by Gasteiger charge is 2.49. The maximum absolute atomic E-state index is 13.7. The molecule has 5 atom stereocenters. The van der Waals surface area contributed by atoms with Crippen LogP contribution >= 0.6 is 11.3 Å². The third kappa shape index (κ3) is 3.24. The molecule has 0 saturated heterocycles. The van der Waals surface area contributed by atoms with Gasteiger partial charge in [-0.2, -0.15) is 0 Å². The molecule has 2 nitrogen and oxygen atoms in total. The van der Waals surface area contributed by atoms with Gasteiger partial charge >= 0.3 is 0 Å². The normalized spacial score (nSPS) is 26.0. The topological polar surface area (TPSA) is 34.1 Å². The van der Waals surface area contributed by atoms with Crippen LogP contribution in [-0.2, 0) is 10.8 Å². The zero-order valence-corrected chi connectivity index (χ0v) is 17.8. The SMILES string of the molecule is Cc1ccc([S@](=O)c2ccsc2C(=O)[C@H]2[C@H](c3ccccc3)[C@@H]3C=C[C@H]2C3)cc1. The van der Waals surface area contributed by atoms with E-state index in [1.54, 1.807) is 0 Å². The molecule has 1 aromatic heterocycles. The molecule has 0 radical (unpaired) electrons. The Bertz CT molecular complexity index is 1100. The molecular weight excluding hydrogens is 396 g/mol. The van der Waals surface area contributed by atoms with Gasteiger partial charge in [0.1, 0.15) is 0 Å². The Morgan fingerprint density at radius 1 is 0.966 bits per heavy atom. The molecule has 1 saturated carbocycles. The number of carbonyl (C=O) groups excluding carboxylic acids is 1. The van der Waals surface area contributed by atoms with Gasteiger partial charge in [-0.1, -0.05) is 60.2 Å². The summed E-state index contributed by atoms with van der Waals surface area (Å²) in [5, 5.41) is 1.90. The van der Waals surface area contributed by atoms with Crippen LogP contribution in [-0.4, -0.2) is 9.99 Å². The Labute approximate surface area is 177 Å². The van der Waals surface area contributed by atoms with Crippen molar-refractivity contribution in [2.45, 2.75) is 29.1 Å². The largest absolute Gasteiger partial charge is 0.293 e. The number of hydrogen-bond acceptors (Lipinski definition) is 3. The van der Waals surface area contributed by atoms with Crippen molar-refractivity contribution in [2.75, 3.05) is 0 Å². The van der Waals surface area contributed by atoms with Crippen LogP contribution in [0.2, 0.25) is 0 Å². The monoisotopic (exact) mass is 418 g/mol. The molecule has 1 fully saturated rings. The molecule has 0 amide bonds. The van der Waals surface area contributed by atoms with Crippen LogP contribution < -0.4 is 0 Å². The van der Waals surface area contributed by atoms with E-state index in [0.717, 1.165) is 16.9 Å². The summed E-state index contributed by atoms with van der Waals surface area (Å²) in [5.74, 6) is 0.991. The van der Waals surface area contributed by atoms with E-state index in [4.69, 9.17) is 0 Å². The van der Waals surface area contributed by atoms with Crippen LogP contribution in [0.5, 0.6) is 0 Å². The predicted molar refractivity (Wildman–Crippen MR) is 118 cm³/mol. The van der Waals surface area contributed by atoms with Crippen LogP contribution in [0.4, 0.5) is 0 Å². The van der Waals surface area contributed by atoms with Gasteiger partial charge in [-0.25, -0.2) is 4.21 Å². The lowest BCUT2D eigenvalue weighted by atomic mass is 9.76. The van der Waals surface area contributed by atoms with Crippen LogP contribution in [0.15, 0.2) is 88.0 Å². The first-order valence-electron chi connectivity index (χ1n) is 9.97. The molecule has 3 aromatic rings. The zero-order valence-electron chi connectivity index (χ0n) is 16.2. The minimum atomic E-state index is -1.34. The first-order valence-corrected chi connectivity index (χ1v) is 12.0. The summed E-state index contributed by atoms with van der Waals surface area (Å²) in [5.41, 5.74) is 2.37. The number of rotatable bonds is 5. The molecule has 2 aromatic carbocycles. The zero-order chi connectivity index (χ0) is 20.0. The Hall–Kier alpha value is -2.30. The fourth-order valence-corrected chi connectivity index (χ4v) is 7.20. The number of benzene rings is 2. The molecule has 29 heavy (non-hydrogen) atoms. The van der Waals surface area contributed by atoms with Crippen molar-refractivity contribution in [3.8, 4) is 0 Å². The van der Waals surface area contributed by atoms with E-state index in [9.17, 15) is 9.00 Å². The second-order valence-electron chi connectivity index (χ2n) is 7.97. The summed E-state index contributed by atoms with van der Waals surface area (Å²) in [6.07, 6.45) is 5.54. The first-order chi connectivity index (χ1) is 14.1. The molecule has 0 unspecified atom stereocenters. The van der Waals surface area contributed by atoms with Gasteiger partial charge in [0, 0.05) is 16.7 Å². The Balaban J connectivity index is 1.50. The molecule has 2 bridgehead atoms. The van der Waals surface area contributed by atoms with Gasteiger partial charge in [0.05, 0.1) is 20.6 Å². The average Bonchev–Trinajstić information content (AvgIpc) is 3.49. The Kier molecular flexibility index (Phi) is 4.84. The van der Waals surface area contributed by atoms with Crippen LogP contribution in [0.1, 0.15) is 33.1 Å². The second-order valence-corrected chi connectivity index (χ2v) is 10.3. The van der Waals surface area contributed by atoms with E-state index < -0.39 is 10.8 Å². The minimum Gasteiger partial charge on any atom is -0.293 e. The van der Waals surface area contributed by atoms with Crippen LogP contribution in [0, 0.1) is 24.7 Å². The minimum absolute atomic E-state index is 0.0696. The number of hydrogen-bond donors (Lipinski definition) is 0. The van der Waals surface area contributed by atoms with Crippen molar-refractivity contribution >= 4 is 27.9 Å². The third-order valence-electron chi connectivity index (χ3n) is 6.23. The van der Waals surface area contributed by atoms with E-state index in [-0.39, 0.29) is 23.5 Å². The van der Waals surface area contributed by atoms with E-state index in [2.05, 4.69) is 36.4 Å². The van der Waals surface area contributed by atoms with E-state index >= 15 is 0 Å². The summed E-state index contributed by atoms with van der Waals surface area (Å²) < 4.78 is 13.2. The number of carbonyl (C=O) groups is 1. The van der Waals surface area contributed by atoms with Gasteiger partial charge < -0.3 is 0 Å². The smallest absolute Gasteiger partial charge is 0.178 e. The van der Waals surface area contributed by atoms with E-state index in [1.165, 1.54) is 16.9 Å². The Morgan fingerprint density at radius 2 is 1.69 bits per heavy atom. The lowest BCUT2D eigenvalue weighted by Gasteiger charge is -2.27. The third-order valence-corrected chi connectivity index (χ3v) is 8.73. The van der Waals surface area contributed by atoms with E-state index in [0.29, 0.717) is 15.7 Å². The highest BCUT2D eigenvalue weighted by atomic mass is 32.2. The number of ketones is 1. The summed E-state index contributed by atoms with van der Waals surface area (Å²) in [6, 6.07) is 20.0. The lowest BCUT2D eigenvalue weighted by molar-refractivity contribution is 0.0888. The van der Waals surface area contributed by atoms with Gasteiger partial charge in [-0.3, -0.25) is 4.79 Å². The van der Waals surface area contributed by atoms with Crippen molar-refractivity contribution in [1.29, 1.82) is 0 Å². The summed E-state index contributed by atoms with van der Waals surface area (Å²) in [4.78, 5) is 15.8. The molecule has 0 aliphatic heterocycles. The highest BCUT2D eigenvalue weighted by molar-refractivity contribution is 7.85. The number of thiophene rings is 1. The molecule has 0 N–H and O–H groups in total. The quantitative estimate of drug-likeness (QED) is 0.375. The summed E-state index contributed by atoms with van der Waals surface area (Å²) >= 11 is 1.43. The van der Waals surface area contributed by atoms with Crippen molar-refractivity contribution in [3.63, 3.8) is 0 Å². The first kappa shape index (κ1) is 18.7. The molecule has 4 heteroatoms. The van der Waals surface area contributed by atoms with Gasteiger partial charge in [0.15, 0.2) is 5.78 Å². The lowest BCUT2D eigenvalue weighted by Crippen LogP contribution is -2.26. The van der Waals surface area contributed by atoms with Gasteiger partial charge in [0.25, 0.3) is 0 Å². The maximum atomic E-state index is 13.7. The van der Waals surface area contributed by atoms with E-state index in [1.807, 2.05) is 48.7 Å². The predicted octanol–water partition coefficient (Wildman–Crippen LogP) is 6.01.